The molecule has 0 saturated heterocycles. The summed E-state index contributed by atoms with van der Waals surface area (Å²) < 4.78 is 9.10. The maximum absolute atomic E-state index is 10.8. The summed E-state index contributed by atoms with van der Waals surface area (Å²) in [5.74, 6) is -0.709. The average Bonchev–Trinajstić information content (AvgIpc) is 2.23. The first kappa shape index (κ1) is 13.4. The molecular formula is C11H16O4. The first-order valence-corrected chi connectivity index (χ1v) is 4.78. The Morgan fingerprint density at radius 1 is 1.07 bits per heavy atom. The number of carbonyl (C=O) groups excluding carboxylic acids is 2. The topological polar surface area (TPSA) is 52.6 Å². The van der Waals surface area contributed by atoms with Crippen molar-refractivity contribution in [3.8, 4) is 0 Å². The monoisotopic (exact) mass is 212 g/mol. The van der Waals surface area contributed by atoms with Crippen LogP contribution in [-0.2, 0) is 19.1 Å². The van der Waals surface area contributed by atoms with Gasteiger partial charge < -0.3 is 9.47 Å². The summed E-state index contributed by atoms with van der Waals surface area (Å²) in [5, 5.41) is 0. The minimum absolute atomic E-state index is 0.338. The smallest absolute Gasteiger partial charge is 0.330 e. The van der Waals surface area contributed by atoms with Crippen LogP contribution in [0.5, 0.6) is 0 Å². The van der Waals surface area contributed by atoms with Gasteiger partial charge in [0.15, 0.2) is 0 Å². The molecule has 0 rings (SSSR count). The molecule has 0 aliphatic carbocycles. The van der Waals surface area contributed by atoms with Crippen molar-refractivity contribution in [1.82, 2.24) is 0 Å². The van der Waals surface area contributed by atoms with Crippen LogP contribution in [0.3, 0.4) is 0 Å². The Kier molecular flexibility index (Phi) is 8.05. The normalized spacial score (nSPS) is 10.8. The fourth-order valence-corrected chi connectivity index (χ4v) is 0.810. The summed E-state index contributed by atoms with van der Waals surface area (Å²) in [7, 11) is 1.33. The molecule has 0 atom stereocenters. The minimum atomic E-state index is -0.371. The van der Waals surface area contributed by atoms with Crippen LogP contribution in [0, 0.1) is 0 Å². The quantitative estimate of drug-likeness (QED) is 0.381. The van der Waals surface area contributed by atoms with E-state index in [0.717, 1.165) is 0 Å². The van der Waals surface area contributed by atoms with Crippen molar-refractivity contribution in [2.75, 3.05) is 13.7 Å². The Bertz CT molecular complexity index is 253. The van der Waals surface area contributed by atoms with Crippen molar-refractivity contribution >= 4 is 11.9 Å². The highest BCUT2D eigenvalue weighted by Crippen LogP contribution is 1.94. The lowest BCUT2D eigenvalue weighted by atomic mass is 10.2. The molecule has 0 bridgehead atoms. The van der Waals surface area contributed by atoms with Gasteiger partial charge in [-0.25, -0.2) is 9.59 Å². The molecule has 0 spiro atoms. The molecule has 0 unspecified atom stereocenters. The highest BCUT2D eigenvalue weighted by Gasteiger charge is 1.92. The first-order valence-electron chi connectivity index (χ1n) is 4.78. The molecule has 0 aromatic heterocycles. The van der Waals surface area contributed by atoms with Gasteiger partial charge in [0.25, 0.3) is 0 Å². The van der Waals surface area contributed by atoms with Crippen LogP contribution in [0.2, 0.25) is 0 Å². The van der Waals surface area contributed by atoms with E-state index >= 15 is 0 Å². The number of unbranched alkanes of at least 4 members (excludes halogenated alkanes) is 1. The lowest BCUT2D eigenvalue weighted by Gasteiger charge is -1.93. The van der Waals surface area contributed by atoms with E-state index in [1.807, 2.05) is 0 Å². The molecule has 0 amide bonds. The van der Waals surface area contributed by atoms with Gasteiger partial charge in [0.05, 0.1) is 13.7 Å². The molecule has 15 heavy (non-hydrogen) atoms. The number of methoxy groups -OCH3 is 1. The van der Waals surface area contributed by atoms with E-state index in [0.29, 0.717) is 19.4 Å². The van der Waals surface area contributed by atoms with Gasteiger partial charge >= 0.3 is 11.9 Å². The number of hydrogen-bond donors (Lipinski definition) is 0. The number of carbonyl (C=O) groups is 2. The van der Waals surface area contributed by atoms with Crippen LogP contribution in [0.1, 0.15) is 19.8 Å². The summed E-state index contributed by atoms with van der Waals surface area (Å²) in [5.41, 5.74) is 0. The minimum Gasteiger partial charge on any atom is -0.466 e. The van der Waals surface area contributed by atoms with Crippen molar-refractivity contribution in [3.63, 3.8) is 0 Å². The number of hydrogen-bond acceptors (Lipinski definition) is 4. The Morgan fingerprint density at radius 2 is 1.60 bits per heavy atom. The summed E-state index contributed by atoms with van der Waals surface area (Å²) in [6.07, 6.45) is 7.52. The highest BCUT2D eigenvalue weighted by atomic mass is 16.5. The van der Waals surface area contributed by atoms with Crippen molar-refractivity contribution in [1.29, 1.82) is 0 Å². The standard InChI is InChI=1S/C11H16O4/c1-3-15-11(13)9-7-5-4-6-8-10(12)14-2/h6-9H,3-5H2,1-2H3/b8-6+,9-7+. The molecule has 0 aliphatic rings. The number of esters is 2. The van der Waals surface area contributed by atoms with Crippen molar-refractivity contribution in [2.24, 2.45) is 0 Å². The van der Waals surface area contributed by atoms with Crippen LogP contribution in [-0.4, -0.2) is 25.7 Å². The molecule has 0 saturated carbocycles. The molecule has 0 N–H and O–H groups in total. The van der Waals surface area contributed by atoms with E-state index < -0.39 is 0 Å². The Labute approximate surface area is 89.6 Å². The third-order valence-electron chi connectivity index (χ3n) is 1.50. The van der Waals surface area contributed by atoms with Crippen molar-refractivity contribution in [3.05, 3.63) is 24.3 Å². The third-order valence-corrected chi connectivity index (χ3v) is 1.50. The predicted molar refractivity (Wildman–Crippen MR) is 56.2 cm³/mol. The Hall–Kier alpha value is -1.58. The van der Waals surface area contributed by atoms with E-state index in [-0.39, 0.29) is 11.9 Å². The summed E-state index contributed by atoms with van der Waals surface area (Å²) in [6, 6.07) is 0. The maximum Gasteiger partial charge on any atom is 0.330 e. The van der Waals surface area contributed by atoms with E-state index in [4.69, 9.17) is 0 Å². The van der Waals surface area contributed by atoms with Gasteiger partial charge in [0, 0.05) is 12.2 Å². The molecule has 0 fully saturated rings. The van der Waals surface area contributed by atoms with Crippen LogP contribution in [0.15, 0.2) is 24.3 Å². The molecular weight excluding hydrogens is 196 g/mol. The molecule has 4 nitrogen and oxygen atoms in total. The van der Waals surface area contributed by atoms with Gasteiger partial charge in [-0.05, 0) is 19.8 Å². The van der Waals surface area contributed by atoms with Gasteiger partial charge in [-0.1, -0.05) is 12.2 Å². The molecule has 0 radical (unpaired) electrons. The van der Waals surface area contributed by atoms with Gasteiger partial charge in [-0.15, -0.1) is 0 Å². The summed E-state index contributed by atoms with van der Waals surface area (Å²) in [4.78, 5) is 21.5. The lowest BCUT2D eigenvalue weighted by Crippen LogP contribution is -1.98. The molecule has 4 heteroatoms. The maximum atomic E-state index is 10.8. The number of ether oxygens (including phenoxy) is 2. The van der Waals surface area contributed by atoms with Crippen LogP contribution < -0.4 is 0 Å². The third kappa shape index (κ3) is 8.74. The summed E-state index contributed by atoms with van der Waals surface area (Å²) in [6.45, 7) is 2.14. The molecule has 0 aromatic rings. The fraction of sp³-hybridized carbons (Fsp3) is 0.455. The van der Waals surface area contributed by atoms with E-state index in [1.165, 1.54) is 19.3 Å². The molecule has 84 valence electrons. The second-order valence-corrected chi connectivity index (χ2v) is 2.66. The average molecular weight is 212 g/mol. The number of allylic oxidation sites excluding steroid dienone is 2. The second-order valence-electron chi connectivity index (χ2n) is 2.66. The fourth-order valence-electron chi connectivity index (χ4n) is 0.810. The molecule has 0 aliphatic heterocycles. The number of rotatable bonds is 6. The molecule has 0 aromatic carbocycles. The van der Waals surface area contributed by atoms with E-state index in [2.05, 4.69) is 9.47 Å². The molecule has 0 heterocycles. The van der Waals surface area contributed by atoms with Crippen molar-refractivity contribution < 1.29 is 19.1 Å². The Balaban J connectivity index is 3.57. The second kappa shape index (κ2) is 8.99. The SMILES string of the molecule is CCOC(=O)/C=C/CC/C=C/C(=O)OC. The Morgan fingerprint density at radius 3 is 2.07 bits per heavy atom. The van der Waals surface area contributed by atoms with Crippen LogP contribution >= 0.6 is 0 Å². The lowest BCUT2D eigenvalue weighted by molar-refractivity contribution is -0.137. The first-order chi connectivity index (χ1) is 7.20. The zero-order valence-electron chi connectivity index (χ0n) is 9.06. The summed E-state index contributed by atoms with van der Waals surface area (Å²) >= 11 is 0. The zero-order chi connectivity index (χ0) is 11.5. The van der Waals surface area contributed by atoms with E-state index in [9.17, 15) is 9.59 Å². The largest absolute Gasteiger partial charge is 0.466 e. The zero-order valence-corrected chi connectivity index (χ0v) is 9.06. The van der Waals surface area contributed by atoms with Gasteiger partial charge in [0.2, 0.25) is 0 Å². The van der Waals surface area contributed by atoms with Gasteiger partial charge in [-0.2, -0.15) is 0 Å². The van der Waals surface area contributed by atoms with Crippen molar-refractivity contribution in [2.45, 2.75) is 19.8 Å². The van der Waals surface area contributed by atoms with Gasteiger partial charge in [0.1, 0.15) is 0 Å². The van der Waals surface area contributed by atoms with Crippen LogP contribution in [0.4, 0.5) is 0 Å². The predicted octanol–water partition coefficient (Wildman–Crippen LogP) is 1.62. The highest BCUT2D eigenvalue weighted by molar-refractivity contribution is 5.82. The van der Waals surface area contributed by atoms with E-state index in [1.54, 1.807) is 19.1 Å². The van der Waals surface area contributed by atoms with Crippen LogP contribution in [0.25, 0.3) is 0 Å². The van der Waals surface area contributed by atoms with Gasteiger partial charge in [-0.3, -0.25) is 0 Å².